The molecule has 0 aliphatic carbocycles. The third kappa shape index (κ3) is 3.24. The number of pyridine rings is 1. The summed E-state index contributed by atoms with van der Waals surface area (Å²) >= 11 is 11.8. The quantitative estimate of drug-likeness (QED) is 0.877. The van der Waals surface area contributed by atoms with Gasteiger partial charge in [-0.3, -0.25) is 0 Å². The van der Waals surface area contributed by atoms with Crippen LogP contribution in [-0.2, 0) is 0 Å². The van der Waals surface area contributed by atoms with Gasteiger partial charge in [-0.05, 0) is 37.9 Å². The first-order valence-electron chi connectivity index (χ1n) is 5.51. The van der Waals surface area contributed by atoms with Crippen molar-refractivity contribution in [2.24, 2.45) is 5.92 Å². The van der Waals surface area contributed by atoms with Gasteiger partial charge < -0.3 is 10.6 Å². The van der Waals surface area contributed by atoms with Gasteiger partial charge in [0.2, 0.25) is 0 Å². The zero-order valence-corrected chi connectivity index (χ0v) is 10.5. The molecule has 0 amide bonds. The van der Waals surface area contributed by atoms with Crippen LogP contribution in [0.25, 0.3) is 0 Å². The van der Waals surface area contributed by atoms with Gasteiger partial charge in [0.1, 0.15) is 5.82 Å². The summed E-state index contributed by atoms with van der Waals surface area (Å²) in [6.45, 7) is 3.14. The van der Waals surface area contributed by atoms with E-state index in [9.17, 15) is 0 Å². The van der Waals surface area contributed by atoms with Crippen molar-refractivity contribution in [1.29, 1.82) is 0 Å². The first-order chi connectivity index (χ1) is 7.75. The number of nitrogens with one attached hydrogen (secondary N) is 2. The lowest BCUT2D eigenvalue weighted by Crippen LogP contribution is -2.31. The third-order valence-corrected chi connectivity index (χ3v) is 3.32. The van der Waals surface area contributed by atoms with Crippen LogP contribution in [0, 0.1) is 5.92 Å². The Bertz CT molecular complexity index is 351. The molecule has 2 N–H and O–H groups in total. The molecule has 1 aromatic rings. The van der Waals surface area contributed by atoms with Crippen LogP contribution in [0.5, 0.6) is 0 Å². The van der Waals surface area contributed by atoms with Crippen LogP contribution in [0.15, 0.2) is 12.3 Å². The number of halogens is 2. The molecule has 0 unspecified atom stereocenters. The lowest BCUT2D eigenvalue weighted by Gasteiger charge is -2.23. The second-order valence-corrected chi connectivity index (χ2v) is 4.90. The molecule has 0 aromatic carbocycles. The average molecular weight is 260 g/mol. The van der Waals surface area contributed by atoms with Crippen LogP contribution in [0.1, 0.15) is 12.8 Å². The van der Waals surface area contributed by atoms with Crippen LogP contribution in [0.3, 0.4) is 0 Å². The van der Waals surface area contributed by atoms with E-state index in [0.717, 1.165) is 25.5 Å². The van der Waals surface area contributed by atoms with E-state index in [1.165, 1.54) is 12.8 Å². The topological polar surface area (TPSA) is 37.0 Å². The van der Waals surface area contributed by atoms with Crippen molar-refractivity contribution in [2.45, 2.75) is 12.8 Å². The van der Waals surface area contributed by atoms with E-state index in [2.05, 4.69) is 15.6 Å². The van der Waals surface area contributed by atoms with Crippen molar-refractivity contribution in [1.82, 2.24) is 10.3 Å². The second kappa shape index (κ2) is 5.71. The molecule has 1 aliphatic rings. The molecule has 0 saturated carbocycles. The molecular weight excluding hydrogens is 245 g/mol. The van der Waals surface area contributed by atoms with Crippen molar-refractivity contribution in [3.8, 4) is 0 Å². The first kappa shape index (κ1) is 12.0. The summed E-state index contributed by atoms with van der Waals surface area (Å²) in [6, 6.07) is 1.71. The molecule has 2 rings (SSSR count). The normalized spacial score (nSPS) is 17.4. The van der Waals surface area contributed by atoms with Crippen molar-refractivity contribution in [3.05, 3.63) is 22.3 Å². The summed E-state index contributed by atoms with van der Waals surface area (Å²) in [7, 11) is 0. The highest BCUT2D eigenvalue weighted by Crippen LogP contribution is 2.23. The monoisotopic (exact) mass is 259 g/mol. The van der Waals surface area contributed by atoms with Crippen molar-refractivity contribution >= 4 is 29.0 Å². The molecule has 3 nitrogen and oxygen atoms in total. The molecule has 0 radical (unpaired) electrons. The molecule has 1 fully saturated rings. The van der Waals surface area contributed by atoms with Crippen molar-refractivity contribution < 1.29 is 0 Å². The zero-order valence-electron chi connectivity index (χ0n) is 8.97. The lowest BCUT2D eigenvalue weighted by atomic mass is 9.98. The Labute approximate surface area is 106 Å². The van der Waals surface area contributed by atoms with Gasteiger partial charge in [0.05, 0.1) is 10.0 Å². The highest BCUT2D eigenvalue weighted by molar-refractivity contribution is 6.35. The molecule has 2 heterocycles. The summed E-state index contributed by atoms with van der Waals surface area (Å²) in [5, 5.41) is 7.78. The number of hydrogen-bond donors (Lipinski definition) is 2. The van der Waals surface area contributed by atoms with Gasteiger partial charge in [-0.15, -0.1) is 0 Å². The van der Waals surface area contributed by atoms with E-state index in [0.29, 0.717) is 16.0 Å². The number of rotatable bonds is 3. The van der Waals surface area contributed by atoms with E-state index in [1.807, 2.05) is 0 Å². The van der Waals surface area contributed by atoms with Crippen LogP contribution >= 0.6 is 23.2 Å². The fourth-order valence-corrected chi connectivity index (χ4v) is 2.32. The van der Waals surface area contributed by atoms with E-state index >= 15 is 0 Å². The van der Waals surface area contributed by atoms with Gasteiger partial charge in [-0.2, -0.15) is 0 Å². The third-order valence-electron chi connectivity index (χ3n) is 2.82. The van der Waals surface area contributed by atoms with Crippen LogP contribution < -0.4 is 10.6 Å². The summed E-state index contributed by atoms with van der Waals surface area (Å²) in [5.74, 6) is 1.43. The smallest absolute Gasteiger partial charge is 0.144 e. The lowest BCUT2D eigenvalue weighted by molar-refractivity contribution is 0.389. The number of aromatic nitrogens is 1. The maximum Gasteiger partial charge on any atom is 0.144 e. The highest BCUT2D eigenvalue weighted by atomic mass is 35.5. The fraction of sp³-hybridized carbons (Fsp3) is 0.545. The van der Waals surface area contributed by atoms with Gasteiger partial charge in [-0.25, -0.2) is 4.98 Å². The Kier molecular flexibility index (Phi) is 4.27. The average Bonchev–Trinajstić information content (AvgIpc) is 2.29. The maximum absolute atomic E-state index is 6.03. The van der Waals surface area contributed by atoms with Gasteiger partial charge in [-0.1, -0.05) is 23.2 Å². The SMILES string of the molecule is Clc1cnc(NCC2CCNCC2)c(Cl)c1. The second-order valence-electron chi connectivity index (χ2n) is 4.06. The van der Waals surface area contributed by atoms with E-state index in [-0.39, 0.29) is 0 Å². The van der Waals surface area contributed by atoms with Crippen LogP contribution in [-0.4, -0.2) is 24.6 Å². The van der Waals surface area contributed by atoms with Gasteiger partial charge in [0.25, 0.3) is 0 Å². The molecule has 0 bridgehead atoms. The Morgan fingerprint density at radius 1 is 1.38 bits per heavy atom. The predicted molar refractivity (Wildman–Crippen MR) is 68.3 cm³/mol. The Hall–Kier alpha value is -0.510. The molecule has 88 valence electrons. The Morgan fingerprint density at radius 2 is 2.12 bits per heavy atom. The summed E-state index contributed by atoms with van der Waals surface area (Å²) in [5.41, 5.74) is 0. The predicted octanol–water partition coefficient (Wildman–Crippen LogP) is 2.80. The standard InChI is InChI=1S/C11H15Cl2N3/c12-9-5-10(13)11(16-7-9)15-6-8-1-3-14-4-2-8/h5,7-8,14H,1-4,6H2,(H,15,16). The minimum absolute atomic E-state index is 0.567. The summed E-state index contributed by atoms with van der Waals surface area (Å²) in [4.78, 5) is 4.17. The number of anilines is 1. The minimum Gasteiger partial charge on any atom is -0.369 e. The number of piperidine rings is 1. The molecule has 0 spiro atoms. The number of nitrogens with zero attached hydrogens (tertiary/aromatic N) is 1. The molecular formula is C11H15Cl2N3. The van der Waals surface area contributed by atoms with Gasteiger partial charge in [0.15, 0.2) is 0 Å². The van der Waals surface area contributed by atoms with E-state index < -0.39 is 0 Å². The molecule has 16 heavy (non-hydrogen) atoms. The van der Waals surface area contributed by atoms with Crippen LogP contribution in [0.4, 0.5) is 5.82 Å². The van der Waals surface area contributed by atoms with E-state index in [1.54, 1.807) is 12.3 Å². The largest absolute Gasteiger partial charge is 0.369 e. The minimum atomic E-state index is 0.567. The molecule has 1 saturated heterocycles. The summed E-state index contributed by atoms with van der Waals surface area (Å²) < 4.78 is 0. The zero-order chi connectivity index (χ0) is 11.4. The van der Waals surface area contributed by atoms with E-state index in [4.69, 9.17) is 23.2 Å². The van der Waals surface area contributed by atoms with Gasteiger partial charge in [0, 0.05) is 12.7 Å². The maximum atomic E-state index is 6.03. The molecule has 5 heteroatoms. The van der Waals surface area contributed by atoms with Crippen molar-refractivity contribution in [3.63, 3.8) is 0 Å². The molecule has 0 atom stereocenters. The molecule has 1 aliphatic heterocycles. The van der Waals surface area contributed by atoms with Crippen LogP contribution in [0.2, 0.25) is 10.0 Å². The highest BCUT2D eigenvalue weighted by Gasteiger charge is 2.13. The van der Waals surface area contributed by atoms with Crippen molar-refractivity contribution in [2.75, 3.05) is 25.0 Å². The number of hydrogen-bond acceptors (Lipinski definition) is 3. The fourth-order valence-electron chi connectivity index (χ4n) is 1.87. The Balaban J connectivity index is 1.88. The Morgan fingerprint density at radius 3 is 2.81 bits per heavy atom. The first-order valence-corrected chi connectivity index (χ1v) is 6.27. The molecule has 1 aromatic heterocycles. The van der Waals surface area contributed by atoms with Gasteiger partial charge >= 0.3 is 0 Å². The summed E-state index contributed by atoms with van der Waals surface area (Å²) in [6.07, 6.45) is 4.02.